The Kier molecular flexibility index (Phi) is 5.72. The van der Waals surface area contributed by atoms with Crippen molar-refractivity contribution in [3.63, 3.8) is 0 Å². The van der Waals surface area contributed by atoms with Crippen LogP contribution in [0.5, 0.6) is 0 Å². The third-order valence-corrected chi connectivity index (χ3v) is 4.51. The highest BCUT2D eigenvalue weighted by molar-refractivity contribution is 5.68. The van der Waals surface area contributed by atoms with E-state index in [0.717, 1.165) is 25.6 Å². The normalized spacial score (nSPS) is 27.7. The van der Waals surface area contributed by atoms with Crippen LogP contribution in [0.15, 0.2) is 0 Å². The number of hydrogen-bond acceptors (Lipinski definition) is 4. The van der Waals surface area contributed by atoms with Gasteiger partial charge in [-0.05, 0) is 53.4 Å². The molecule has 5 nitrogen and oxygen atoms in total. The van der Waals surface area contributed by atoms with Gasteiger partial charge in [0.1, 0.15) is 5.60 Å². The van der Waals surface area contributed by atoms with Crippen LogP contribution in [0.4, 0.5) is 4.79 Å². The van der Waals surface area contributed by atoms with Gasteiger partial charge in [0.15, 0.2) is 0 Å². The molecule has 1 saturated heterocycles. The van der Waals surface area contributed by atoms with Crippen LogP contribution in [0.25, 0.3) is 0 Å². The Morgan fingerprint density at radius 2 is 2.05 bits per heavy atom. The molecule has 0 spiro atoms. The second kappa shape index (κ2) is 7.18. The van der Waals surface area contributed by atoms with Crippen LogP contribution >= 0.6 is 0 Å². The zero-order valence-corrected chi connectivity index (χ0v) is 14.8. The Balaban J connectivity index is 1.71. The van der Waals surface area contributed by atoms with E-state index < -0.39 is 5.60 Å². The van der Waals surface area contributed by atoms with Gasteiger partial charge in [0.05, 0.1) is 0 Å². The third kappa shape index (κ3) is 5.43. The maximum absolute atomic E-state index is 11.9. The Morgan fingerprint density at radius 1 is 1.36 bits per heavy atom. The van der Waals surface area contributed by atoms with Crippen LogP contribution in [0.1, 0.15) is 60.3 Å². The van der Waals surface area contributed by atoms with Gasteiger partial charge in [-0.25, -0.2) is 4.79 Å². The molecule has 1 amide bonds. The van der Waals surface area contributed by atoms with E-state index in [1.54, 1.807) is 0 Å². The lowest BCUT2D eigenvalue weighted by Crippen LogP contribution is -2.46. The van der Waals surface area contributed by atoms with Crippen LogP contribution in [0.2, 0.25) is 0 Å². The summed E-state index contributed by atoms with van der Waals surface area (Å²) in [6, 6.07) is 2.19. The predicted octanol–water partition coefficient (Wildman–Crippen LogP) is 2.50. The van der Waals surface area contributed by atoms with Crippen LogP contribution in [-0.2, 0) is 4.74 Å². The summed E-state index contributed by atoms with van der Waals surface area (Å²) in [7, 11) is 0. The topological polar surface area (TPSA) is 53.6 Å². The first kappa shape index (κ1) is 17.5. The molecule has 1 aliphatic heterocycles. The average molecular weight is 311 g/mol. The lowest BCUT2D eigenvalue weighted by Gasteiger charge is -2.24. The fourth-order valence-electron chi connectivity index (χ4n) is 3.20. The molecule has 1 heterocycles. The van der Waals surface area contributed by atoms with Crippen molar-refractivity contribution in [3.8, 4) is 0 Å². The molecule has 128 valence electrons. The quantitative estimate of drug-likeness (QED) is 0.791. The summed E-state index contributed by atoms with van der Waals surface area (Å²) in [5, 5.41) is 6.60. The van der Waals surface area contributed by atoms with Gasteiger partial charge in [-0.15, -0.1) is 0 Å². The van der Waals surface area contributed by atoms with Gasteiger partial charge < -0.3 is 15.4 Å². The molecule has 22 heavy (non-hydrogen) atoms. The second-order valence-corrected chi connectivity index (χ2v) is 7.87. The molecule has 0 radical (unpaired) electrons. The molecular weight excluding hydrogens is 278 g/mol. The highest BCUT2D eigenvalue weighted by Crippen LogP contribution is 2.33. The minimum atomic E-state index is -0.443. The van der Waals surface area contributed by atoms with Crippen molar-refractivity contribution in [1.82, 2.24) is 15.5 Å². The lowest BCUT2D eigenvalue weighted by molar-refractivity contribution is 0.0502. The Hall–Kier alpha value is -0.810. The van der Waals surface area contributed by atoms with Gasteiger partial charge in [-0.2, -0.15) is 0 Å². The van der Waals surface area contributed by atoms with E-state index in [1.165, 1.54) is 19.3 Å². The molecule has 2 aliphatic rings. The average Bonchev–Trinajstić information content (AvgIpc) is 3.16. The first-order valence-corrected chi connectivity index (χ1v) is 8.77. The van der Waals surface area contributed by atoms with E-state index >= 15 is 0 Å². The number of carbonyl (C=O) groups is 1. The van der Waals surface area contributed by atoms with Gasteiger partial charge in [0.2, 0.25) is 0 Å². The molecule has 3 unspecified atom stereocenters. The van der Waals surface area contributed by atoms with Crippen molar-refractivity contribution in [2.45, 2.75) is 90.1 Å². The maximum Gasteiger partial charge on any atom is 0.407 e. The molecule has 3 atom stereocenters. The van der Waals surface area contributed by atoms with E-state index in [9.17, 15) is 4.79 Å². The summed E-state index contributed by atoms with van der Waals surface area (Å²) in [6.07, 6.45) is 4.53. The minimum absolute atomic E-state index is 0.125. The number of nitrogens with one attached hydrogen (secondary N) is 2. The van der Waals surface area contributed by atoms with Crippen molar-refractivity contribution in [3.05, 3.63) is 0 Å². The monoisotopic (exact) mass is 311 g/mol. The molecule has 0 bridgehead atoms. The fraction of sp³-hybridized carbons (Fsp3) is 0.941. The summed E-state index contributed by atoms with van der Waals surface area (Å²) >= 11 is 0. The number of ether oxygens (including phenoxy) is 1. The molecular formula is C17H33N3O2. The largest absolute Gasteiger partial charge is 0.444 e. The van der Waals surface area contributed by atoms with E-state index in [2.05, 4.69) is 29.4 Å². The standard InChI is InChI=1S/C17H33N3O2/c1-6-13(19-16(21)22-17(3,4)5)10-18-14-9-12(2)20(11-14)15-7-8-15/h12-15,18H,6-11H2,1-5H3,(H,19,21). The number of alkyl carbamates (subject to hydrolysis) is 1. The molecule has 2 fully saturated rings. The predicted molar refractivity (Wildman–Crippen MR) is 89.0 cm³/mol. The molecule has 0 aromatic rings. The number of rotatable bonds is 6. The summed E-state index contributed by atoms with van der Waals surface area (Å²) in [5.41, 5.74) is -0.443. The van der Waals surface area contributed by atoms with Crippen LogP contribution in [0.3, 0.4) is 0 Å². The molecule has 2 N–H and O–H groups in total. The van der Waals surface area contributed by atoms with Crippen molar-refractivity contribution >= 4 is 6.09 Å². The van der Waals surface area contributed by atoms with Gasteiger partial charge in [0, 0.05) is 37.3 Å². The van der Waals surface area contributed by atoms with Crippen LogP contribution < -0.4 is 10.6 Å². The molecule has 2 rings (SSSR count). The molecule has 0 aromatic heterocycles. The van der Waals surface area contributed by atoms with E-state index in [-0.39, 0.29) is 12.1 Å². The highest BCUT2D eigenvalue weighted by atomic mass is 16.6. The van der Waals surface area contributed by atoms with Gasteiger partial charge in [-0.1, -0.05) is 6.92 Å². The summed E-state index contributed by atoms with van der Waals surface area (Å²) in [4.78, 5) is 14.5. The van der Waals surface area contributed by atoms with E-state index in [4.69, 9.17) is 4.74 Å². The van der Waals surface area contributed by atoms with Gasteiger partial charge in [0.25, 0.3) is 0 Å². The smallest absolute Gasteiger partial charge is 0.407 e. The first-order chi connectivity index (χ1) is 10.3. The number of carbonyl (C=O) groups excluding carboxylic acids is 1. The summed E-state index contributed by atoms with van der Waals surface area (Å²) in [5.74, 6) is 0. The van der Waals surface area contributed by atoms with E-state index in [1.807, 2.05) is 20.8 Å². The van der Waals surface area contributed by atoms with Crippen molar-refractivity contribution in [2.24, 2.45) is 0 Å². The molecule has 5 heteroatoms. The maximum atomic E-state index is 11.9. The highest BCUT2D eigenvalue weighted by Gasteiger charge is 2.38. The number of likely N-dealkylation sites (tertiary alicyclic amines) is 1. The van der Waals surface area contributed by atoms with Gasteiger partial charge >= 0.3 is 6.09 Å². The van der Waals surface area contributed by atoms with E-state index in [0.29, 0.717) is 12.1 Å². The Bertz CT molecular complexity index is 377. The van der Waals surface area contributed by atoms with Crippen LogP contribution in [-0.4, -0.2) is 53.9 Å². The van der Waals surface area contributed by atoms with Gasteiger partial charge in [-0.3, -0.25) is 4.90 Å². The molecule has 1 saturated carbocycles. The number of amides is 1. The molecule has 0 aromatic carbocycles. The zero-order chi connectivity index (χ0) is 16.3. The Morgan fingerprint density at radius 3 is 2.59 bits per heavy atom. The minimum Gasteiger partial charge on any atom is -0.444 e. The second-order valence-electron chi connectivity index (χ2n) is 7.87. The van der Waals surface area contributed by atoms with Crippen LogP contribution in [0, 0.1) is 0 Å². The van der Waals surface area contributed by atoms with Crippen molar-refractivity contribution in [2.75, 3.05) is 13.1 Å². The third-order valence-electron chi connectivity index (χ3n) is 4.51. The lowest BCUT2D eigenvalue weighted by atomic mass is 10.1. The Labute approximate surface area is 135 Å². The van der Waals surface area contributed by atoms with Crippen molar-refractivity contribution < 1.29 is 9.53 Å². The molecule has 1 aliphatic carbocycles. The SMILES string of the molecule is CCC(CNC1CC(C)N(C2CC2)C1)NC(=O)OC(C)(C)C. The first-order valence-electron chi connectivity index (χ1n) is 8.77. The van der Waals surface area contributed by atoms with Crippen molar-refractivity contribution in [1.29, 1.82) is 0 Å². The fourth-order valence-corrected chi connectivity index (χ4v) is 3.20. The number of nitrogens with zero attached hydrogens (tertiary/aromatic N) is 1. The summed E-state index contributed by atoms with van der Waals surface area (Å²) < 4.78 is 5.33. The number of hydrogen-bond donors (Lipinski definition) is 2. The zero-order valence-electron chi connectivity index (χ0n) is 14.8. The summed E-state index contributed by atoms with van der Waals surface area (Å²) in [6.45, 7) is 12.0.